The van der Waals surface area contributed by atoms with Gasteiger partial charge in [-0.1, -0.05) is 30.3 Å². The van der Waals surface area contributed by atoms with Gasteiger partial charge in [-0.3, -0.25) is 14.3 Å². The maximum atomic E-state index is 12.7. The van der Waals surface area contributed by atoms with Crippen molar-refractivity contribution in [1.82, 2.24) is 20.0 Å². The van der Waals surface area contributed by atoms with Crippen LogP contribution < -0.4 is 5.32 Å². The van der Waals surface area contributed by atoms with Crippen LogP contribution in [0.3, 0.4) is 0 Å². The SMILES string of the molecule is Cc1nn(Cc2ccccc2)c(C)c1C(=O)N1CCNC(=O)C1. The summed E-state index contributed by atoms with van der Waals surface area (Å²) in [6.07, 6.45) is 0. The molecule has 6 nitrogen and oxygen atoms in total. The summed E-state index contributed by atoms with van der Waals surface area (Å²) in [4.78, 5) is 25.8. The van der Waals surface area contributed by atoms with E-state index >= 15 is 0 Å². The van der Waals surface area contributed by atoms with Crippen LogP contribution in [0.4, 0.5) is 0 Å². The predicted molar refractivity (Wildman–Crippen MR) is 86.2 cm³/mol. The Labute approximate surface area is 135 Å². The van der Waals surface area contributed by atoms with Gasteiger partial charge in [-0.2, -0.15) is 5.10 Å². The van der Waals surface area contributed by atoms with E-state index in [0.29, 0.717) is 30.9 Å². The second kappa shape index (κ2) is 6.24. The topological polar surface area (TPSA) is 67.2 Å². The number of benzene rings is 1. The summed E-state index contributed by atoms with van der Waals surface area (Å²) < 4.78 is 1.85. The van der Waals surface area contributed by atoms with E-state index in [9.17, 15) is 9.59 Å². The lowest BCUT2D eigenvalue weighted by Crippen LogP contribution is -2.50. The summed E-state index contributed by atoms with van der Waals surface area (Å²) in [6.45, 7) is 5.52. The van der Waals surface area contributed by atoms with Gasteiger partial charge in [0.2, 0.25) is 5.91 Å². The third-order valence-corrected chi connectivity index (χ3v) is 4.10. The molecular weight excluding hydrogens is 292 g/mol. The molecule has 6 heteroatoms. The number of piperazine rings is 1. The van der Waals surface area contributed by atoms with Crippen LogP contribution in [0.15, 0.2) is 30.3 Å². The molecule has 1 saturated heterocycles. The highest BCUT2D eigenvalue weighted by atomic mass is 16.2. The number of aryl methyl sites for hydroxylation is 1. The summed E-state index contributed by atoms with van der Waals surface area (Å²) >= 11 is 0. The van der Waals surface area contributed by atoms with Gasteiger partial charge in [0.05, 0.1) is 24.3 Å². The molecule has 2 aromatic rings. The van der Waals surface area contributed by atoms with Gasteiger partial charge in [0.1, 0.15) is 0 Å². The Bertz CT molecular complexity index is 737. The quantitative estimate of drug-likeness (QED) is 0.923. The van der Waals surface area contributed by atoms with Crippen molar-refractivity contribution in [3.8, 4) is 0 Å². The maximum Gasteiger partial charge on any atom is 0.258 e. The molecule has 1 fully saturated rings. The van der Waals surface area contributed by atoms with E-state index in [1.165, 1.54) is 0 Å². The minimum atomic E-state index is -0.117. The Balaban J connectivity index is 1.85. The molecule has 0 radical (unpaired) electrons. The van der Waals surface area contributed by atoms with Crippen LogP contribution in [0.2, 0.25) is 0 Å². The number of rotatable bonds is 3. The minimum absolute atomic E-state index is 0.113. The molecule has 0 bridgehead atoms. The van der Waals surface area contributed by atoms with Gasteiger partial charge in [-0.25, -0.2) is 0 Å². The van der Waals surface area contributed by atoms with Crippen LogP contribution in [-0.2, 0) is 11.3 Å². The van der Waals surface area contributed by atoms with Crippen molar-refractivity contribution >= 4 is 11.8 Å². The van der Waals surface area contributed by atoms with Crippen molar-refractivity contribution < 1.29 is 9.59 Å². The molecular formula is C17H20N4O2. The second-order valence-corrected chi connectivity index (χ2v) is 5.77. The fraction of sp³-hybridized carbons (Fsp3) is 0.353. The Kier molecular flexibility index (Phi) is 4.14. The number of aromatic nitrogens is 2. The first-order valence-electron chi connectivity index (χ1n) is 7.70. The summed E-state index contributed by atoms with van der Waals surface area (Å²) in [5.41, 5.74) is 3.28. The van der Waals surface area contributed by atoms with Crippen LogP contribution in [0.5, 0.6) is 0 Å². The molecule has 1 aliphatic rings. The number of hydrogen-bond acceptors (Lipinski definition) is 3. The lowest BCUT2D eigenvalue weighted by molar-refractivity contribution is -0.123. The van der Waals surface area contributed by atoms with Crippen molar-refractivity contribution in [2.45, 2.75) is 20.4 Å². The molecule has 0 saturated carbocycles. The van der Waals surface area contributed by atoms with Gasteiger partial charge < -0.3 is 10.2 Å². The van der Waals surface area contributed by atoms with Crippen LogP contribution in [0.25, 0.3) is 0 Å². The lowest BCUT2D eigenvalue weighted by atomic mass is 10.1. The molecule has 0 aliphatic carbocycles. The first kappa shape index (κ1) is 15.3. The van der Waals surface area contributed by atoms with Crippen molar-refractivity contribution in [3.05, 3.63) is 52.8 Å². The third kappa shape index (κ3) is 3.11. The van der Waals surface area contributed by atoms with Crippen molar-refractivity contribution in [2.75, 3.05) is 19.6 Å². The molecule has 23 heavy (non-hydrogen) atoms. The standard InChI is InChI=1S/C17H20N4O2/c1-12-16(17(23)20-9-8-18-15(22)11-20)13(2)21(19-12)10-14-6-4-3-5-7-14/h3-7H,8-11H2,1-2H3,(H,18,22). The number of carbonyl (C=O) groups is 2. The highest BCUT2D eigenvalue weighted by Gasteiger charge is 2.27. The number of amides is 2. The molecule has 2 amide bonds. The van der Waals surface area contributed by atoms with Crippen molar-refractivity contribution in [2.24, 2.45) is 0 Å². The number of hydrogen-bond donors (Lipinski definition) is 1. The number of nitrogens with one attached hydrogen (secondary N) is 1. The molecule has 2 heterocycles. The molecule has 1 aromatic heterocycles. The summed E-state index contributed by atoms with van der Waals surface area (Å²) in [6, 6.07) is 10.0. The van der Waals surface area contributed by atoms with Gasteiger partial charge in [0.25, 0.3) is 5.91 Å². The fourth-order valence-corrected chi connectivity index (χ4v) is 2.89. The van der Waals surface area contributed by atoms with E-state index < -0.39 is 0 Å². The largest absolute Gasteiger partial charge is 0.353 e. The average Bonchev–Trinajstić information content (AvgIpc) is 2.82. The summed E-state index contributed by atoms with van der Waals surface area (Å²) in [7, 11) is 0. The zero-order valence-electron chi connectivity index (χ0n) is 13.4. The van der Waals surface area contributed by atoms with E-state index in [1.54, 1.807) is 4.90 Å². The van der Waals surface area contributed by atoms with Crippen molar-refractivity contribution in [3.63, 3.8) is 0 Å². The van der Waals surface area contributed by atoms with Gasteiger partial charge in [-0.05, 0) is 19.4 Å². The van der Waals surface area contributed by atoms with Crippen LogP contribution in [0.1, 0.15) is 27.3 Å². The van der Waals surface area contributed by atoms with Crippen LogP contribution >= 0.6 is 0 Å². The zero-order valence-corrected chi connectivity index (χ0v) is 13.4. The van der Waals surface area contributed by atoms with Gasteiger partial charge in [0, 0.05) is 18.8 Å². The summed E-state index contributed by atoms with van der Waals surface area (Å²) in [5.74, 6) is -0.231. The van der Waals surface area contributed by atoms with Gasteiger partial charge in [-0.15, -0.1) is 0 Å². The van der Waals surface area contributed by atoms with E-state index in [0.717, 1.165) is 11.3 Å². The molecule has 1 N–H and O–H groups in total. The van der Waals surface area contributed by atoms with Crippen LogP contribution in [-0.4, -0.2) is 46.1 Å². The van der Waals surface area contributed by atoms with E-state index in [4.69, 9.17) is 0 Å². The number of nitrogens with zero attached hydrogens (tertiary/aromatic N) is 3. The monoisotopic (exact) mass is 312 g/mol. The Morgan fingerprint density at radius 2 is 2.00 bits per heavy atom. The second-order valence-electron chi connectivity index (χ2n) is 5.77. The number of carbonyl (C=O) groups excluding carboxylic acids is 2. The fourth-order valence-electron chi connectivity index (χ4n) is 2.89. The normalized spacial score (nSPS) is 14.7. The van der Waals surface area contributed by atoms with Crippen LogP contribution in [0, 0.1) is 13.8 Å². The first-order valence-corrected chi connectivity index (χ1v) is 7.70. The molecule has 0 spiro atoms. The highest BCUT2D eigenvalue weighted by molar-refractivity contribution is 5.98. The lowest BCUT2D eigenvalue weighted by Gasteiger charge is -2.26. The highest BCUT2D eigenvalue weighted by Crippen LogP contribution is 2.17. The van der Waals surface area contributed by atoms with Gasteiger partial charge >= 0.3 is 0 Å². The smallest absolute Gasteiger partial charge is 0.258 e. The maximum absolute atomic E-state index is 12.7. The first-order chi connectivity index (χ1) is 11.1. The molecule has 3 rings (SSSR count). The van der Waals surface area contributed by atoms with E-state index in [2.05, 4.69) is 10.4 Å². The Hall–Kier alpha value is -2.63. The summed E-state index contributed by atoms with van der Waals surface area (Å²) in [5, 5.41) is 7.24. The molecule has 1 aromatic carbocycles. The molecule has 120 valence electrons. The predicted octanol–water partition coefficient (Wildman–Crippen LogP) is 1.12. The molecule has 1 aliphatic heterocycles. The molecule has 0 unspecified atom stereocenters. The average molecular weight is 312 g/mol. The Morgan fingerprint density at radius 3 is 2.70 bits per heavy atom. The zero-order chi connectivity index (χ0) is 16.4. The van der Waals surface area contributed by atoms with E-state index in [-0.39, 0.29) is 18.4 Å². The third-order valence-electron chi connectivity index (χ3n) is 4.10. The van der Waals surface area contributed by atoms with E-state index in [1.807, 2.05) is 48.9 Å². The van der Waals surface area contributed by atoms with Crippen molar-refractivity contribution in [1.29, 1.82) is 0 Å². The minimum Gasteiger partial charge on any atom is -0.353 e. The Morgan fingerprint density at radius 1 is 1.26 bits per heavy atom. The van der Waals surface area contributed by atoms with Gasteiger partial charge in [0.15, 0.2) is 0 Å². The molecule has 0 atom stereocenters.